The second kappa shape index (κ2) is 9.83. The minimum absolute atomic E-state index is 0.0554. The highest BCUT2D eigenvalue weighted by Gasteiger charge is 2.08. The lowest BCUT2D eigenvalue weighted by molar-refractivity contribution is 0.0985. The number of nitrogens with one attached hydrogen (secondary N) is 1. The third-order valence-electron chi connectivity index (χ3n) is 5.39. The number of benzene rings is 4. The lowest BCUT2D eigenvalue weighted by Gasteiger charge is -2.09. The van der Waals surface area contributed by atoms with Crippen molar-refractivity contribution in [2.45, 2.75) is 12.8 Å². The molecule has 5 heteroatoms. The molecular weight excluding hydrogens is 410 g/mol. The number of nitrogen functional groups attached to an aromatic ring is 2. The van der Waals surface area contributed by atoms with Gasteiger partial charge in [0.2, 0.25) is 0 Å². The Morgan fingerprint density at radius 2 is 0.848 bits per heavy atom. The average Bonchev–Trinajstić information content (AvgIpc) is 2.82. The van der Waals surface area contributed by atoms with Gasteiger partial charge in [0, 0.05) is 46.7 Å². The Balaban J connectivity index is 1.33. The Labute approximate surface area is 193 Å². The van der Waals surface area contributed by atoms with E-state index in [0.717, 1.165) is 22.5 Å². The number of ketones is 2. The van der Waals surface area contributed by atoms with Crippen molar-refractivity contribution in [3.63, 3.8) is 0 Å². The largest absolute Gasteiger partial charge is 0.399 e. The average molecular weight is 436 g/mol. The highest BCUT2D eigenvalue weighted by molar-refractivity contribution is 5.98. The summed E-state index contributed by atoms with van der Waals surface area (Å²) < 4.78 is 0. The molecule has 4 aromatic rings. The van der Waals surface area contributed by atoms with Crippen molar-refractivity contribution in [2.75, 3.05) is 16.8 Å². The molecule has 4 aromatic carbocycles. The van der Waals surface area contributed by atoms with Gasteiger partial charge < -0.3 is 16.8 Å². The van der Waals surface area contributed by atoms with E-state index in [9.17, 15) is 9.59 Å². The molecule has 4 rings (SSSR count). The van der Waals surface area contributed by atoms with Crippen LogP contribution in [0, 0.1) is 0 Å². The van der Waals surface area contributed by atoms with Crippen molar-refractivity contribution < 1.29 is 9.59 Å². The summed E-state index contributed by atoms with van der Waals surface area (Å²) in [5.74, 6) is 0.111. The molecule has 0 aliphatic carbocycles. The molecule has 0 amide bonds. The van der Waals surface area contributed by atoms with Gasteiger partial charge in [-0.05, 0) is 83.9 Å². The van der Waals surface area contributed by atoms with E-state index in [1.807, 2.05) is 48.5 Å². The van der Waals surface area contributed by atoms with Crippen molar-refractivity contribution in [1.82, 2.24) is 0 Å². The summed E-state index contributed by atoms with van der Waals surface area (Å²) in [7, 11) is 0. The summed E-state index contributed by atoms with van der Waals surface area (Å²) in [5.41, 5.74) is 17.7. The molecule has 0 heterocycles. The van der Waals surface area contributed by atoms with Crippen molar-refractivity contribution in [2.24, 2.45) is 0 Å². The van der Waals surface area contributed by atoms with Gasteiger partial charge in [-0.15, -0.1) is 0 Å². The smallest absolute Gasteiger partial charge is 0.167 e. The van der Waals surface area contributed by atoms with Crippen LogP contribution in [-0.2, 0) is 12.8 Å². The fourth-order valence-electron chi connectivity index (χ4n) is 3.49. The third-order valence-corrected chi connectivity index (χ3v) is 5.39. The van der Waals surface area contributed by atoms with Gasteiger partial charge in [-0.25, -0.2) is 0 Å². The lowest BCUT2D eigenvalue weighted by atomic mass is 10.0. The van der Waals surface area contributed by atoms with Gasteiger partial charge in [0.05, 0.1) is 0 Å². The van der Waals surface area contributed by atoms with Crippen molar-refractivity contribution in [1.29, 1.82) is 0 Å². The normalized spacial score (nSPS) is 10.5. The van der Waals surface area contributed by atoms with Crippen molar-refractivity contribution >= 4 is 34.3 Å². The zero-order valence-corrected chi connectivity index (χ0v) is 18.1. The van der Waals surface area contributed by atoms with Gasteiger partial charge >= 0.3 is 0 Å². The zero-order chi connectivity index (χ0) is 23.2. The molecule has 0 atom stereocenters. The van der Waals surface area contributed by atoms with E-state index in [1.54, 1.807) is 48.5 Å². The number of nitrogens with two attached hydrogens (primary N) is 2. The van der Waals surface area contributed by atoms with Crippen LogP contribution in [0.5, 0.6) is 0 Å². The summed E-state index contributed by atoms with van der Waals surface area (Å²) in [5, 5.41) is 3.34. The highest BCUT2D eigenvalue weighted by atomic mass is 16.1. The SMILES string of the molecule is Nc1ccc(C(=O)Cc2ccc(Nc3ccc(CC(=O)c4ccc(N)cc4)cc3)cc2)cc1. The van der Waals surface area contributed by atoms with Gasteiger partial charge in [-0.3, -0.25) is 9.59 Å². The topological polar surface area (TPSA) is 98.2 Å². The van der Waals surface area contributed by atoms with Gasteiger partial charge in [0.15, 0.2) is 11.6 Å². The van der Waals surface area contributed by atoms with E-state index in [1.165, 1.54) is 0 Å². The molecule has 0 spiro atoms. The van der Waals surface area contributed by atoms with Gasteiger partial charge in [0.1, 0.15) is 0 Å². The van der Waals surface area contributed by atoms with Gasteiger partial charge in [-0.2, -0.15) is 0 Å². The summed E-state index contributed by atoms with van der Waals surface area (Å²) in [6.45, 7) is 0. The number of Topliss-reactive ketones (excluding diaryl/α,β-unsaturated/α-hetero) is 2. The molecule has 0 radical (unpaired) electrons. The van der Waals surface area contributed by atoms with Gasteiger partial charge in [-0.1, -0.05) is 24.3 Å². The monoisotopic (exact) mass is 435 g/mol. The maximum atomic E-state index is 12.4. The van der Waals surface area contributed by atoms with Crippen molar-refractivity contribution in [3.8, 4) is 0 Å². The van der Waals surface area contributed by atoms with Gasteiger partial charge in [0.25, 0.3) is 0 Å². The molecule has 33 heavy (non-hydrogen) atoms. The predicted octanol–water partition coefficient (Wildman–Crippen LogP) is 5.45. The van der Waals surface area contributed by atoms with E-state index < -0.39 is 0 Å². The Kier molecular flexibility index (Phi) is 6.51. The molecule has 5 N–H and O–H groups in total. The zero-order valence-electron chi connectivity index (χ0n) is 18.1. The first kappa shape index (κ1) is 21.8. The molecule has 0 saturated carbocycles. The Bertz CT molecular complexity index is 1140. The van der Waals surface area contributed by atoms with E-state index in [-0.39, 0.29) is 11.6 Å². The number of hydrogen-bond donors (Lipinski definition) is 3. The third kappa shape index (κ3) is 5.86. The summed E-state index contributed by atoms with van der Waals surface area (Å²) in [6.07, 6.45) is 0.669. The van der Waals surface area contributed by atoms with Crippen LogP contribution >= 0.6 is 0 Å². The number of carbonyl (C=O) groups excluding carboxylic acids is 2. The molecule has 0 bridgehead atoms. The molecule has 0 aliphatic heterocycles. The van der Waals surface area contributed by atoms with Crippen molar-refractivity contribution in [3.05, 3.63) is 119 Å². The Hall–Kier alpha value is -4.38. The van der Waals surface area contributed by atoms with Crippen LogP contribution in [-0.4, -0.2) is 11.6 Å². The highest BCUT2D eigenvalue weighted by Crippen LogP contribution is 2.20. The number of carbonyl (C=O) groups is 2. The van der Waals surface area contributed by atoms with E-state index in [0.29, 0.717) is 35.3 Å². The standard InChI is InChI=1S/C28H25N3O2/c29-23-9-5-21(6-10-23)27(32)17-19-1-13-25(14-2-19)31-26-15-3-20(4-16-26)18-28(33)22-7-11-24(30)12-8-22/h1-16,31H,17-18,29-30H2. The van der Waals surface area contributed by atoms with E-state index in [4.69, 9.17) is 11.5 Å². The molecule has 0 saturated heterocycles. The van der Waals surface area contributed by atoms with Crippen LogP contribution in [0.4, 0.5) is 22.7 Å². The van der Waals surface area contributed by atoms with Crippen LogP contribution in [0.2, 0.25) is 0 Å². The Morgan fingerprint density at radius 1 is 0.515 bits per heavy atom. The molecule has 164 valence electrons. The first-order chi connectivity index (χ1) is 16.0. The quantitative estimate of drug-likeness (QED) is 0.253. The maximum absolute atomic E-state index is 12.4. The number of hydrogen-bond acceptors (Lipinski definition) is 5. The maximum Gasteiger partial charge on any atom is 0.167 e. The molecule has 0 fully saturated rings. The predicted molar refractivity (Wildman–Crippen MR) is 134 cm³/mol. The lowest BCUT2D eigenvalue weighted by Crippen LogP contribution is -2.04. The summed E-state index contributed by atoms with van der Waals surface area (Å²) in [6, 6.07) is 29.5. The minimum atomic E-state index is 0.0554. The van der Waals surface area contributed by atoms with Crippen LogP contribution < -0.4 is 16.8 Å². The first-order valence-corrected chi connectivity index (χ1v) is 10.7. The molecule has 0 aliphatic rings. The van der Waals surface area contributed by atoms with E-state index in [2.05, 4.69) is 5.32 Å². The number of rotatable bonds is 8. The summed E-state index contributed by atoms with van der Waals surface area (Å²) in [4.78, 5) is 24.9. The van der Waals surface area contributed by atoms with Crippen LogP contribution in [0.25, 0.3) is 0 Å². The molecule has 0 unspecified atom stereocenters. The molecule has 0 aromatic heterocycles. The number of anilines is 4. The van der Waals surface area contributed by atoms with E-state index >= 15 is 0 Å². The Morgan fingerprint density at radius 3 is 1.18 bits per heavy atom. The second-order valence-corrected chi connectivity index (χ2v) is 7.96. The minimum Gasteiger partial charge on any atom is -0.399 e. The fourth-order valence-corrected chi connectivity index (χ4v) is 3.49. The van der Waals surface area contributed by atoms with Crippen LogP contribution in [0.15, 0.2) is 97.1 Å². The molecule has 5 nitrogen and oxygen atoms in total. The summed E-state index contributed by atoms with van der Waals surface area (Å²) >= 11 is 0. The fraction of sp³-hybridized carbons (Fsp3) is 0.0714. The second-order valence-electron chi connectivity index (χ2n) is 7.96. The first-order valence-electron chi connectivity index (χ1n) is 10.7. The van der Waals surface area contributed by atoms with Crippen LogP contribution in [0.1, 0.15) is 31.8 Å². The molecular formula is C28H25N3O2. The van der Waals surface area contributed by atoms with Crippen LogP contribution in [0.3, 0.4) is 0 Å².